The Balaban J connectivity index is 1.78. The van der Waals surface area contributed by atoms with E-state index in [4.69, 9.17) is 0 Å². The third-order valence-corrected chi connectivity index (χ3v) is 6.18. The highest BCUT2D eigenvalue weighted by Gasteiger charge is 2.41. The summed E-state index contributed by atoms with van der Waals surface area (Å²) < 4.78 is 39.7. The first kappa shape index (κ1) is 22.7. The molecule has 0 aliphatic carbocycles. The molecule has 168 valence electrons. The van der Waals surface area contributed by atoms with Crippen molar-refractivity contribution in [1.29, 1.82) is 0 Å². The van der Waals surface area contributed by atoms with E-state index in [1.165, 1.54) is 12.1 Å². The van der Waals surface area contributed by atoms with Crippen LogP contribution in [-0.2, 0) is 15.8 Å². The Labute approximate surface area is 193 Å². The molecule has 0 saturated heterocycles. The number of halogens is 3. The molecule has 4 nitrogen and oxygen atoms in total. The Morgan fingerprint density at radius 2 is 1.58 bits per heavy atom. The maximum atomic E-state index is 13.4. The largest absolute Gasteiger partial charge is 0.416 e. The molecule has 0 fully saturated rings. The van der Waals surface area contributed by atoms with E-state index in [-0.39, 0.29) is 16.3 Å². The highest BCUT2D eigenvalue weighted by molar-refractivity contribution is 8.04. The third kappa shape index (κ3) is 4.66. The first-order valence-electron chi connectivity index (χ1n) is 10.0. The van der Waals surface area contributed by atoms with Crippen LogP contribution in [0.15, 0.2) is 88.3 Å². The molecule has 0 bridgehead atoms. The molecule has 0 saturated carbocycles. The lowest BCUT2D eigenvalue weighted by molar-refractivity contribution is -0.137. The summed E-state index contributed by atoms with van der Waals surface area (Å²) in [5.74, 6) is -1.39. The summed E-state index contributed by atoms with van der Waals surface area (Å²) in [5, 5.41) is 3.07. The molecule has 4 rings (SSSR count). The standard InChI is InChI=1S/C25H19F3N2O2S/c1-15-11-12-16(2)20(13-15)29-21-22(33-19-9-4-3-5-10-19)24(32)30(23(21)31)18-8-6-7-17(14-18)25(26,27)28/h3-14,29H,1-2H3. The monoisotopic (exact) mass is 468 g/mol. The first-order valence-corrected chi connectivity index (χ1v) is 10.8. The number of anilines is 2. The smallest absolute Gasteiger partial charge is 0.350 e. The Morgan fingerprint density at radius 3 is 2.27 bits per heavy atom. The van der Waals surface area contributed by atoms with Gasteiger partial charge in [-0.3, -0.25) is 9.59 Å². The molecule has 0 unspecified atom stereocenters. The number of nitrogens with zero attached hydrogens (tertiary/aromatic N) is 1. The second-order valence-electron chi connectivity index (χ2n) is 7.56. The molecule has 8 heteroatoms. The maximum absolute atomic E-state index is 13.4. The van der Waals surface area contributed by atoms with Gasteiger partial charge in [-0.05, 0) is 61.4 Å². The number of alkyl halides is 3. The molecular weight excluding hydrogens is 449 g/mol. The summed E-state index contributed by atoms with van der Waals surface area (Å²) >= 11 is 1.09. The predicted molar refractivity (Wildman–Crippen MR) is 123 cm³/mol. The molecule has 1 N–H and O–H groups in total. The molecule has 1 heterocycles. The number of hydrogen-bond acceptors (Lipinski definition) is 4. The number of rotatable bonds is 5. The van der Waals surface area contributed by atoms with E-state index < -0.39 is 23.6 Å². The lowest BCUT2D eigenvalue weighted by Gasteiger charge is -2.17. The minimum Gasteiger partial charge on any atom is -0.350 e. The van der Waals surface area contributed by atoms with Gasteiger partial charge in [0.1, 0.15) is 10.6 Å². The van der Waals surface area contributed by atoms with Crippen LogP contribution in [0.1, 0.15) is 16.7 Å². The Morgan fingerprint density at radius 1 is 0.848 bits per heavy atom. The van der Waals surface area contributed by atoms with E-state index >= 15 is 0 Å². The van der Waals surface area contributed by atoms with Crippen LogP contribution in [0.3, 0.4) is 0 Å². The second kappa shape index (κ2) is 8.78. The lowest BCUT2D eigenvalue weighted by atomic mass is 10.1. The molecule has 3 aromatic carbocycles. The highest BCUT2D eigenvalue weighted by Crippen LogP contribution is 2.39. The topological polar surface area (TPSA) is 49.4 Å². The number of carbonyl (C=O) groups excluding carboxylic acids is 2. The highest BCUT2D eigenvalue weighted by atomic mass is 32.2. The van der Waals surface area contributed by atoms with Gasteiger partial charge in [0.25, 0.3) is 11.8 Å². The molecule has 0 spiro atoms. The fraction of sp³-hybridized carbons (Fsp3) is 0.120. The van der Waals surface area contributed by atoms with Gasteiger partial charge in [-0.1, -0.05) is 48.2 Å². The van der Waals surface area contributed by atoms with Gasteiger partial charge in [0.15, 0.2) is 0 Å². The average Bonchev–Trinajstić information content (AvgIpc) is 3.00. The summed E-state index contributed by atoms with van der Waals surface area (Å²) in [6.07, 6.45) is -4.60. The summed E-state index contributed by atoms with van der Waals surface area (Å²) in [6.45, 7) is 3.76. The molecular formula is C25H19F3N2O2S. The molecule has 0 radical (unpaired) electrons. The number of hydrogen-bond donors (Lipinski definition) is 1. The Bertz CT molecular complexity index is 1270. The van der Waals surface area contributed by atoms with Gasteiger partial charge in [0, 0.05) is 10.6 Å². The van der Waals surface area contributed by atoms with E-state index in [1.54, 1.807) is 24.3 Å². The van der Waals surface area contributed by atoms with Crippen molar-refractivity contribution in [3.63, 3.8) is 0 Å². The number of amides is 2. The van der Waals surface area contributed by atoms with Crippen LogP contribution in [0.2, 0.25) is 0 Å². The van der Waals surface area contributed by atoms with Crippen molar-refractivity contribution >= 4 is 35.0 Å². The van der Waals surface area contributed by atoms with E-state index in [0.29, 0.717) is 5.69 Å². The van der Waals surface area contributed by atoms with Gasteiger partial charge >= 0.3 is 6.18 Å². The van der Waals surface area contributed by atoms with Gasteiger partial charge in [0.05, 0.1) is 11.3 Å². The number of aryl methyl sites for hydroxylation is 2. The van der Waals surface area contributed by atoms with Gasteiger partial charge in [-0.25, -0.2) is 4.90 Å². The van der Waals surface area contributed by atoms with E-state index in [0.717, 1.165) is 44.8 Å². The summed E-state index contributed by atoms with van der Waals surface area (Å²) in [5.41, 5.74) is 1.41. The predicted octanol–water partition coefficient (Wildman–Crippen LogP) is 6.31. The molecule has 0 atom stereocenters. The normalized spacial score (nSPS) is 14.3. The fourth-order valence-electron chi connectivity index (χ4n) is 3.38. The van der Waals surface area contributed by atoms with Crippen molar-refractivity contribution < 1.29 is 22.8 Å². The van der Waals surface area contributed by atoms with Gasteiger partial charge in [-0.15, -0.1) is 0 Å². The average molecular weight is 469 g/mol. The zero-order chi connectivity index (χ0) is 23.8. The first-order chi connectivity index (χ1) is 15.6. The van der Waals surface area contributed by atoms with E-state index in [1.807, 2.05) is 38.1 Å². The molecule has 3 aromatic rings. The minimum atomic E-state index is -4.60. The minimum absolute atomic E-state index is 0.0277. The van der Waals surface area contributed by atoms with Gasteiger partial charge in [-0.2, -0.15) is 13.2 Å². The third-order valence-electron chi connectivity index (χ3n) is 5.09. The van der Waals surface area contributed by atoms with Crippen LogP contribution in [0.4, 0.5) is 24.5 Å². The van der Waals surface area contributed by atoms with Crippen molar-refractivity contribution in [2.45, 2.75) is 24.9 Å². The molecule has 1 aliphatic heterocycles. The number of carbonyl (C=O) groups is 2. The fourth-order valence-corrected chi connectivity index (χ4v) is 4.33. The Hall–Kier alpha value is -3.52. The quantitative estimate of drug-likeness (QED) is 0.446. The number of thioether (sulfide) groups is 1. The van der Waals surface area contributed by atoms with E-state index in [9.17, 15) is 22.8 Å². The zero-order valence-corrected chi connectivity index (χ0v) is 18.6. The van der Waals surface area contributed by atoms with Crippen LogP contribution in [0, 0.1) is 13.8 Å². The molecule has 2 amide bonds. The van der Waals surface area contributed by atoms with Gasteiger partial charge < -0.3 is 5.32 Å². The van der Waals surface area contributed by atoms with Crippen molar-refractivity contribution in [3.05, 3.63) is 100 Å². The van der Waals surface area contributed by atoms with Crippen molar-refractivity contribution in [1.82, 2.24) is 0 Å². The van der Waals surface area contributed by atoms with Crippen molar-refractivity contribution in [2.75, 3.05) is 10.2 Å². The van der Waals surface area contributed by atoms with Crippen LogP contribution >= 0.6 is 11.8 Å². The second-order valence-corrected chi connectivity index (χ2v) is 8.64. The van der Waals surface area contributed by atoms with Crippen LogP contribution < -0.4 is 10.2 Å². The number of benzene rings is 3. The van der Waals surface area contributed by atoms with Crippen molar-refractivity contribution in [2.24, 2.45) is 0 Å². The maximum Gasteiger partial charge on any atom is 0.416 e. The number of nitrogens with one attached hydrogen (secondary N) is 1. The summed E-state index contributed by atoms with van der Waals surface area (Å²) in [7, 11) is 0. The molecule has 0 aromatic heterocycles. The van der Waals surface area contributed by atoms with Crippen LogP contribution in [0.5, 0.6) is 0 Å². The Kier molecular flexibility index (Phi) is 6.03. The molecule has 33 heavy (non-hydrogen) atoms. The zero-order valence-electron chi connectivity index (χ0n) is 17.7. The summed E-state index contributed by atoms with van der Waals surface area (Å²) in [4.78, 5) is 28.3. The lowest BCUT2D eigenvalue weighted by Crippen LogP contribution is -2.32. The van der Waals surface area contributed by atoms with Crippen LogP contribution in [0.25, 0.3) is 0 Å². The van der Waals surface area contributed by atoms with Gasteiger partial charge in [0.2, 0.25) is 0 Å². The summed E-state index contributed by atoms with van der Waals surface area (Å²) in [6, 6.07) is 18.9. The van der Waals surface area contributed by atoms with Crippen molar-refractivity contribution in [3.8, 4) is 0 Å². The molecule has 1 aliphatic rings. The SMILES string of the molecule is Cc1ccc(C)c(NC2=C(Sc3ccccc3)C(=O)N(c3cccc(C(F)(F)F)c3)C2=O)c1. The number of imide groups is 1. The van der Waals surface area contributed by atoms with E-state index in [2.05, 4.69) is 5.32 Å². The van der Waals surface area contributed by atoms with Crippen LogP contribution in [-0.4, -0.2) is 11.8 Å².